The minimum absolute atomic E-state index is 0.0178. The number of aliphatic hydroxyl groups excluding tert-OH is 1. The lowest BCUT2D eigenvalue weighted by atomic mass is 9.97. The number of fused-ring (bicyclic) bond motifs is 1. The fourth-order valence-electron chi connectivity index (χ4n) is 3.28. The van der Waals surface area contributed by atoms with Gasteiger partial charge in [-0.25, -0.2) is 0 Å². The summed E-state index contributed by atoms with van der Waals surface area (Å²) >= 11 is 0. The van der Waals surface area contributed by atoms with Crippen molar-refractivity contribution in [2.75, 3.05) is 13.7 Å². The van der Waals surface area contributed by atoms with E-state index in [9.17, 15) is 24.3 Å². The molecule has 1 fully saturated rings. The molecular formula is C21H30O10. The average Bonchev–Trinajstić information content (AvgIpc) is 2.73. The Hall–Kier alpha value is -2.30. The molecule has 31 heavy (non-hydrogen) atoms. The molecule has 0 bridgehead atoms. The first-order valence-corrected chi connectivity index (χ1v) is 10.3. The molecule has 0 radical (unpaired) electrons. The second-order valence-corrected chi connectivity index (χ2v) is 7.62. The van der Waals surface area contributed by atoms with Crippen LogP contribution in [0.4, 0.5) is 0 Å². The summed E-state index contributed by atoms with van der Waals surface area (Å²) in [4.78, 5) is 48.4. The zero-order valence-electron chi connectivity index (χ0n) is 18.0. The van der Waals surface area contributed by atoms with Gasteiger partial charge in [-0.3, -0.25) is 14.4 Å². The topological polar surface area (TPSA) is 135 Å². The molecule has 1 saturated heterocycles. The lowest BCUT2D eigenvalue weighted by molar-refractivity contribution is -0.303. The molecule has 6 atom stereocenters. The lowest BCUT2D eigenvalue weighted by Crippen LogP contribution is -2.63. The van der Waals surface area contributed by atoms with Crippen LogP contribution in [0.25, 0.3) is 0 Å². The summed E-state index contributed by atoms with van der Waals surface area (Å²) < 4.78 is 27.4. The van der Waals surface area contributed by atoms with E-state index in [-0.39, 0.29) is 25.0 Å². The van der Waals surface area contributed by atoms with Crippen LogP contribution in [0.15, 0.2) is 12.2 Å². The maximum atomic E-state index is 12.6. The fraction of sp³-hybridized carbons (Fsp3) is 0.714. The Kier molecular flexibility index (Phi) is 9.60. The fourth-order valence-corrected chi connectivity index (χ4v) is 3.28. The molecule has 0 aromatic carbocycles. The molecule has 2 rings (SSSR count). The summed E-state index contributed by atoms with van der Waals surface area (Å²) in [5, 5.41) is 9.79. The minimum Gasteiger partial charge on any atom is -0.455 e. The molecule has 0 unspecified atom stereocenters. The molecule has 1 N–H and O–H groups in total. The molecular weight excluding hydrogens is 412 g/mol. The van der Waals surface area contributed by atoms with Gasteiger partial charge < -0.3 is 33.6 Å². The van der Waals surface area contributed by atoms with Gasteiger partial charge in [0.25, 0.3) is 0 Å². The minimum atomic E-state index is -1.26. The Morgan fingerprint density at radius 3 is 2.55 bits per heavy atom. The number of esters is 3. The average molecular weight is 442 g/mol. The maximum absolute atomic E-state index is 12.6. The molecule has 10 nitrogen and oxygen atoms in total. The van der Waals surface area contributed by atoms with Crippen LogP contribution in [0.2, 0.25) is 0 Å². The predicted octanol–water partition coefficient (Wildman–Crippen LogP) is 0.831. The molecule has 0 amide bonds. The summed E-state index contributed by atoms with van der Waals surface area (Å²) in [5.41, 5.74) is 0. The van der Waals surface area contributed by atoms with Crippen LogP contribution in [-0.4, -0.2) is 73.2 Å². The van der Waals surface area contributed by atoms with Gasteiger partial charge in [-0.1, -0.05) is 19.1 Å². The van der Waals surface area contributed by atoms with E-state index in [0.717, 1.165) is 0 Å². The second kappa shape index (κ2) is 11.9. The van der Waals surface area contributed by atoms with Crippen LogP contribution in [0.5, 0.6) is 0 Å². The van der Waals surface area contributed by atoms with E-state index in [1.165, 1.54) is 14.0 Å². The van der Waals surface area contributed by atoms with E-state index in [1.807, 2.05) is 0 Å². The zero-order valence-corrected chi connectivity index (χ0v) is 18.0. The van der Waals surface area contributed by atoms with Gasteiger partial charge in [-0.15, -0.1) is 0 Å². The monoisotopic (exact) mass is 442 g/mol. The number of carbonyl (C=O) groups excluding carboxylic acids is 4. The van der Waals surface area contributed by atoms with E-state index >= 15 is 0 Å². The second-order valence-electron chi connectivity index (χ2n) is 7.62. The normalized spacial score (nSPS) is 32.0. The Morgan fingerprint density at radius 2 is 1.90 bits per heavy atom. The van der Waals surface area contributed by atoms with Crippen molar-refractivity contribution in [3.05, 3.63) is 12.2 Å². The molecule has 174 valence electrons. The van der Waals surface area contributed by atoms with E-state index in [1.54, 1.807) is 19.1 Å². The Balaban J connectivity index is 2.34. The Morgan fingerprint density at radius 1 is 1.16 bits per heavy atom. The first-order chi connectivity index (χ1) is 14.8. The number of methoxy groups -OCH3 is 1. The number of allylic oxidation sites excluding steroid dienone is 2. The van der Waals surface area contributed by atoms with E-state index in [2.05, 4.69) is 0 Å². The van der Waals surface area contributed by atoms with Crippen molar-refractivity contribution in [3.8, 4) is 0 Å². The Labute approximate surface area is 180 Å². The van der Waals surface area contributed by atoms with Gasteiger partial charge in [-0.2, -0.15) is 0 Å². The van der Waals surface area contributed by atoms with Gasteiger partial charge in [0.1, 0.15) is 11.9 Å². The van der Waals surface area contributed by atoms with E-state index in [0.29, 0.717) is 12.8 Å². The summed E-state index contributed by atoms with van der Waals surface area (Å²) in [7, 11) is 1.30. The van der Waals surface area contributed by atoms with Crippen molar-refractivity contribution < 1.29 is 48.0 Å². The number of rotatable bonds is 6. The molecule has 10 heteroatoms. The van der Waals surface area contributed by atoms with E-state index < -0.39 is 61.1 Å². The number of hydrogen-bond donors (Lipinski definition) is 1. The third kappa shape index (κ3) is 7.12. The molecule has 2 aliphatic rings. The van der Waals surface area contributed by atoms with Crippen LogP contribution in [-0.2, 0) is 42.9 Å². The summed E-state index contributed by atoms with van der Waals surface area (Å²) in [6, 6.07) is 0. The third-order valence-corrected chi connectivity index (χ3v) is 5.05. The number of ketones is 1. The summed E-state index contributed by atoms with van der Waals surface area (Å²) in [5.74, 6) is -2.56. The third-order valence-electron chi connectivity index (χ3n) is 5.05. The number of ether oxygens (including phenoxy) is 5. The quantitative estimate of drug-likeness (QED) is 0.358. The van der Waals surface area contributed by atoms with Crippen LogP contribution < -0.4 is 0 Å². The number of Topliss-reactive ketones (excluding diaryl/α,β-unsaturated/α-hetero) is 1. The largest absolute Gasteiger partial charge is 0.455 e. The SMILES string of the molecule is CO[C@H]1O[C@H](CO)[C@H]2OC(=O)[C@@H](C)CC=CCCC(=O)O[C@@H]2[C@H]1OC(=O)CCC(C)=O. The van der Waals surface area contributed by atoms with Crippen LogP contribution in [0.1, 0.15) is 46.0 Å². The number of aliphatic hydroxyl groups is 1. The molecule has 2 heterocycles. The van der Waals surface area contributed by atoms with Crippen LogP contribution in [0, 0.1) is 5.92 Å². The number of hydrogen-bond acceptors (Lipinski definition) is 10. The van der Waals surface area contributed by atoms with Gasteiger partial charge in [0, 0.05) is 20.0 Å². The van der Waals surface area contributed by atoms with Gasteiger partial charge >= 0.3 is 17.9 Å². The van der Waals surface area contributed by atoms with Crippen molar-refractivity contribution in [1.82, 2.24) is 0 Å². The highest BCUT2D eigenvalue weighted by Crippen LogP contribution is 2.30. The first kappa shape index (κ1) is 25.0. The van der Waals surface area contributed by atoms with Gasteiger partial charge in [0.2, 0.25) is 0 Å². The van der Waals surface area contributed by atoms with Crippen molar-refractivity contribution in [1.29, 1.82) is 0 Å². The summed E-state index contributed by atoms with van der Waals surface area (Å²) in [6.45, 7) is 2.49. The smallest absolute Gasteiger partial charge is 0.309 e. The van der Waals surface area contributed by atoms with E-state index in [4.69, 9.17) is 23.7 Å². The Bertz CT molecular complexity index is 688. The molecule has 2 aliphatic heterocycles. The lowest BCUT2D eigenvalue weighted by Gasteiger charge is -2.44. The van der Waals surface area contributed by atoms with Crippen LogP contribution in [0.3, 0.4) is 0 Å². The molecule has 0 aromatic heterocycles. The molecule has 0 spiro atoms. The van der Waals surface area contributed by atoms with Gasteiger partial charge in [0.15, 0.2) is 24.6 Å². The van der Waals surface area contributed by atoms with Crippen molar-refractivity contribution in [2.45, 2.75) is 76.7 Å². The highest BCUT2D eigenvalue weighted by Gasteiger charge is 2.52. The van der Waals surface area contributed by atoms with Crippen molar-refractivity contribution in [2.24, 2.45) is 5.92 Å². The highest BCUT2D eigenvalue weighted by atomic mass is 16.7. The number of carbonyl (C=O) groups is 4. The molecule has 0 saturated carbocycles. The molecule has 0 aromatic rings. The van der Waals surface area contributed by atoms with Crippen LogP contribution >= 0.6 is 0 Å². The summed E-state index contributed by atoms with van der Waals surface area (Å²) in [6.07, 6.45) is -1.72. The maximum Gasteiger partial charge on any atom is 0.309 e. The van der Waals surface area contributed by atoms with Gasteiger partial charge in [-0.05, 0) is 19.8 Å². The predicted molar refractivity (Wildman–Crippen MR) is 104 cm³/mol. The van der Waals surface area contributed by atoms with Crippen molar-refractivity contribution >= 4 is 23.7 Å². The molecule has 0 aliphatic carbocycles. The zero-order chi connectivity index (χ0) is 23.0. The van der Waals surface area contributed by atoms with Crippen molar-refractivity contribution in [3.63, 3.8) is 0 Å². The first-order valence-electron chi connectivity index (χ1n) is 10.3. The van der Waals surface area contributed by atoms with Gasteiger partial charge in [0.05, 0.1) is 18.9 Å². The standard InChI is InChI=1S/C21H30O10/c1-12-7-5-4-6-8-15(24)29-18-17(31-20(12)26)14(11-22)28-21(27-3)19(18)30-16(25)10-9-13(2)23/h4-5,12,14,17-19,21-22H,6-11H2,1-3H3/t12-,14+,17+,18-,19+,21-/m0/s1. The highest BCUT2D eigenvalue weighted by molar-refractivity contribution is 5.81.